The highest BCUT2D eigenvalue weighted by Gasteiger charge is 2.25. The number of fused-ring (bicyclic) bond motifs is 3. The number of benzene rings is 2. The average Bonchev–Trinajstić information content (AvgIpc) is 3.27. The molecule has 1 aliphatic carbocycles. The summed E-state index contributed by atoms with van der Waals surface area (Å²) in [5.41, 5.74) is 2.78. The molecular weight excluding hydrogens is 474 g/mol. The van der Waals surface area contributed by atoms with Crippen molar-refractivity contribution in [2.45, 2.75) is 52.6 Å². The monoisotopic (exact) mass is 503 g/mol. The zero-order chi connectivity index (χ0) is 25.2. The van der Waals surface area contributed by atoms with Crippen molar-refractivity contribution < 1.29 is 9.53 Å². The first-order valence-corrected chi connectivity index (χ1v) is 13.1. The molecule has 7 nitrogen and oxygen atoms in total. The van der Waals surface area contributed by atoms with Crippen LogP contribution in [0.4, 0.5) is 0 Å². The molecule has 2 aromatic heterocycles. The number of ether oxygens (including phenoxy) is 1. The van der Waals surface area contributed by atoms with Crippen LogP contribution in [-0.4, -0.2) is 21.6 Å². The fraction of sp³-hybridized carbons (Fsp3) is 0.321. The summed E-state index contributed by atoms with van der Waals surface area (Å²) in [5.74, 6) is 0.390. The predicted molar refractivity (Wildman–Crippen MR) is 143 cm³/mol. The van der Waals surface area contributed by atoms with E-state index in [4.69, 9.17) is 4.74 Å². The summed E-state index contributed by atoms with van der Waals surface area (Å²) in [5, 5.41) is 3.48. The van der Waals surface area contributed by atoms with Crippen LogP contribution in [0.1, 0.15) is 41.3 Å². The Morgan fingerprint density at radius 3 is 2.47 bits per heavy atom. The van der Waals surface area contributed by atoms with E-state index in [2.05, 4.69) is 5.32 Å². The first kappa shape index (κ1) is 24.1. The molecule has 36 heavy (non-hydrogen) atoms. The van der Waals surface area contributed by atoms with Gasteiger partial charge in [0.2, 0.25) is 5.91 Å². The summed E-state index contributed by atoms with van der Waals surface area (Å²) in [7, 11) is 0. The number of hydrogen-bond acceptors (Lipinski definition) is 5. The first-order chi connectivity index (χ1) is 17.5. The van der Waals surface area contributed by atoms with Gasteiger partial charge in [0.1, 0.15) is 17.1 Å². The predicted octanol–water partition coefficient (Wildman–Crippen LogP) is 4.12. The molecule has 0 atom stereocenters. The number of nitrogens with zero attached hydrogens (tertiary/aromatic N) is 2. The molecule has 1 amide bonds. The van der Waals surface area contributed by atoms with Gasteiger partial charge in [0.05, 0.1) is 17.7 Å². The molecule has 0 radical (unpaired) electrons. The maximum Gasteiger partial charge on any atom is 0.337 e. The number of aryl methyl sites for hydroxylation is 3. The Morgan fingerprint density at radius 1 is 1.03 bits per heavy atom. The maximum absolute atomic E-state index is 13.7. The Morgan fingerprint density at radius 2 is 1.75 bits per heavy atom. The van der Waals surface area contributed by atoms with Gasteiger partial charge < -0.3 is 10.1 Å². The standard InChI is InChI=1S/C28H29N3O4S/c1-3-35-21-14-12-20(13-15-21)31-26(33)25-22-6-4-5-7-23(22)36-27(25)30(28(31)34)17-24(32)29-16-19-10-8-18(2)9-11-19/h8-15H,3-7,16-17H2,1-2H3,(H,29,32). The maximum atomic E-state index is 13.7. The normalized spacial score (nSPS) is 12.9. The Hall–Kier alpha value is -3.65. The van der Waals surface area contributed by atoms with Crippen molar-refractivity contribution in [2.75, 3.05) is 6.61 Å². The molecule has 5 rings (SSSR count). The molecule has 4 aromatic rings. The molecule has 2 heterocycles. The molecule has 0 fully saturated rings. The second-order valence-corrected chi connectivity index (χ2v) is 10.2. The molecule has 2 aromatic carbocycles. The number of rotatable bonds is 7. The zero-order valence-corrected chi connectivity index (χ0v) is 21.3. The van der Waals surface area contributed by atoms with Crippen LogP contribution in [0, 0.1) is 6.92 Å². The number of amides is 1. The van der Waals surface area contributed by atoms with Gasteiger partial charge >= 0.3 is 5.69 Å². The summed E-state index contributed by atoms with van der Waals surface area (Å²) < 4.78 is 8.16. The van der Waals surface area contributed by atoms with Crippen molar-refractivity contribution in [1.29, 1.82) is 0 Å². The minimum atomic E-state index is -0.513. The number of hydrogen-bond donors (Lipinski definition) is 1. The lowest BCUT2D eigenvalue weighted by Crippen LogP contribution is -2.41. The lowest BCUT2D eigenvalue weighted by molar-refractivity contribution is -0.121. The van der Waals surface area contributed by atoms with E-state index in [1.54, 1.807) is 24.3 Å². The smallest absolute Gasteiger partial charge is 0.337 e. The van der Waals surface area contributed by atoms with E-state index in [9.17, 15) is 14.4 Å². The highest BCUT2D eigenvalue weighted by molar-refractivity contribution is 7.18. The van der Waals surface area contributed by atoms with Gasteiger partial charge in [0.15, 0.2) is 0 Å². The molecule has 0 unspecified atom stereocenters. The van der Waals surface area contributed by atoms with Crippen molar-refractivity contribution in [3.8, 4) is 11.4 Å². The molecule has 8 heteroatoms. The molecule has 0 bridgehead atoms. The summed E-state index contributed by atoms with van der Waals surface area (Å²) >= 11 is 1.48. The number of carbonyl (C=O) groups excluding carboxylic acids is 1. The van der Waals surface area contributed by atoms with Crippen molar-refractivity contribution >= 4 is 27.5 Å². The van der Waals surface area contributed by atoms with Gasteiger partial charge in [-0.1, -0.05) is 29.8 Å². The Balaban J connectivity index is 1.56. The van der Waals surface area contributed by atoms with E-state index in [0.29, 0.717) is 34.8 Å². The van der Waals surface area contributed by atoms with Crippen molar-refractivity contribution in [2.24, 2.45) is 0 Å². The van der Waals surface area contributed by atoms with Gasteiger partial charge in [-0.05, 0) is 74.9 Å². The molecule has 0 spiro atoms. The minimum Gasteiger partial charge on any atom is -0.494 e. The topological polar surface area (TPSA) is 82.3 Å². The van der Waals surface area contributed by atoms with Crippen LogP contribution < -0.4 is 21.3 Å². The number of carbonyl (C=O) groups is 1. The Bertz CT molecular complexity index is 1530. The van der Waals surface area contributed by atoms with Crippen LogP contribution in [0.2, 0.25) is 0 Å². The molecule has 1 aliphatic rings. The van der Waals surface area contributed by atoms with Crippen LogP contribution in [0.5, 0.6) is 5.75 Å². The average molecular weight is 504 g/mol. The minimum absolute atomic E-state index is 0.155. The van der Waals surface area contributed by atoms with E-state index < -0.39 is 5.69 Å². The molecule has 0 aliphatic heterocycles. The van der Waals surface area contributed by atoms with Gasteiger partial charge in [0.25, 0.3) is 5.56 Å². The van der Waals surface area contributed by atoms with Gasteiger partial charge in [-0.3, -0.25) is 14.2 Å². The number of aromatic nitrogens is 2. The van der Waals surface area contributed by atoms with Crippen LogP contribution in [0.15, 0.2) is 58.1 Å². The summed E-state index contributed by atoms with van der Waals surface area (Å²) in [6.07, 6.45) is 3.78. The fourth-order valence-electron chi connectivity index (χ4n) is 4.70. The molecule has 0 saturated heterocycles. The largest absolute Gasteiger partial charge is 0.494 e. The zero-order valence-electron chi connectivity index (χ0n) is 20.5. The summed E-state index contributed by atoms with van der Waals surface area (Å²) in [6.45, 7) is 4.65. The second-order valence-electron chi connectivity index (χ2n) is 9.09. The van der Waals surface area contributed by atoms with E-state index in [1.165, 1.54) is 20.5 Å². The first-order valence-electron chi connectivity index (χ1n) is 12.3. The third kappa shape index (κ3) is 4.60. The highest BCUT2D eigenvalue weighted by Crippen LogP contribution is 2.34. The molecule has 186 valence electrons. The quantitative estimate of drug-likeness (QED) is 0.411. The lowest BCUT2D eigenvalue weighted by Gasteiger charge is -2.14. The third-order valence-corrected chi connectivity index (χ3v) is 7.87. The van der Waals surface area contributed by atoms with E-state index in [1.807, 2.05) is 38.1 Å². The second kappa shape index (κ2) is 10.1. The van der Waals surface area contributed by atoms with E-state index in [-0.39, 0.29) is 18.0 Å². The number of nitrogens with one attached hydrogen (secondary N) is 1. The summed E-state index contributed by atoms with van der Waals surface area (Å²) in [6, 6.07) is 14.9. The van der Waals surface area contributed by atoms with Gasteiger partial charge in [0, 0.05) is 11.4 Å². The van der Waals surface area contributed by atoms with Crippen LogP contribution in [0.25, 0.3) is 15.9 Å². The highest BCUT2D eigenvalue weighted by atomic mass is 32.1. The fourth-order valence-corrected chi connectivity index (χ4v) is 6.07. The number of thiophene rings is 1. The molecule has 1 N–H and O–H groups in total. The third-order valence-electron chi connectivity index (χ3n) is 6.55. The van der Waals surface area contributed by atoms with Crippen molar-refractivity contribution in [3.63, 3.8) is 0 Å². The van der Waals surface area contributed by atoms with Crippen molar-refractivity contribution in [3.05, 3.63) is 90.9 Å². The molecular formula is C28H29N3O4S. The van der Waals surface area contributed by atoms with Crippen LogP contribution in [0.3, 0.4) is 0 Å². The Kier molecular flexibility index (Phi) is 6.78. The SMILES string of the molecule is CCOc1ccc(-n2c(=O)c3c4c(sc3n(CC(=O)NCc3ccc(C)cc3)c2=O)CCCC4)cc1. The summed E-state index contributed by atoms with van der Waals surface area (Å²) in [4.78, 5) is 42.1. The lowest BCUT2D eigenvalue weighted by atomic mass is 9.97. The molecule has 0 saturated carbocycles. The van der Waals surface area contributed by atoms with Crippen LogP contribution >= 0.6 is 11.3 Å². The van der Waals surface area contributed by atoms with Gasteiger partial charge in [-0.25, -0.2) is 9.36 Å². The van der Waals surface area contributed by atoms with E-state index in [0.717, 1.165) is 47.3 Å². The Labute approximate surface area is 213 Å². The van der Waals surface area contributed by atoms with Crippen molar-refractivity contribution in [1.82, 2.24) is 14.5 Å². The van der Waals surface area contributed by atoms with Crippen LogP contribution in [-0.2, 0) is 30.7 Å². The van der Waals surface area contributed by atoms with Gasteiger partial charge in [-0.15, -0.1) is 11.3 Å². The van der Waals surface area contributed by atoms with E-state index >= 15 is 0 Å². The van der Waals surface area contributed by atoms with Gasteiger partial charge in [-0.2, -0.15) is 0 Å².